The van der Waals surface area contributed by atoms with E-state index < -0.39 is 0 Å². The standard InChI is InChI=1S/C23H27Cl2N3O3/c1-31-11-5-8-26-23(30)20-15-19(6-7-21(20)28-9-3-2-4-10-28)27-22(29)16-12-17(24)14-18(25)13-16/h6-7,12-15H,2-5,8-11H2,1H3,(H,26,30)(H,27,29). The molecule has 2 aromatic carbocycles. The number of ether oxygens (including phenoxy) is 1. The van der Waals surface area contributed by atoms with Crippen molar-refractivity contribution in [3.8, 4) is 0 Å². The molecule has 0 aliphatic carbocycles. The third kappa shape index (κ3) is 6.60. The van der Waals surface area contributed by atoms with Crippen LogP contribution in [0.25, 0.3) is 0 Å². The Bertz CT molecular complexity index is 910. The van der Waals surface area contributed by atoms with Gasteiger partial charge < -0.3 is 20.3 Å². The summed E-state index contributed by atoms with van der Waals surface area (Å²) in [6.45, 7) is 2.93. The van der Waals surface area contributed by atoms with Crippen molar-refractivity contribution in [2.75, 3.05) is 43.6 Å². The van der Waals surface area contributed by atoms with Gasteiger partial charge in [-0.2, -0.15) is 0 Å². The van der Waals surface area contributed by atoms with E-state index >= 15 is 0 Å². The van der Waals surface area contributed by atoms with Gasteiger partial charge in [0.25, 0.3) is 11.8 Å². The number of nitrogens with zero attached hydrogens (tertiary/aromatic N) is 1. The molecule has 0 atom stereocenters. The molecule has 166 valence electrons. The molecule has 3 rings (SSSR count). The first-order valence-corrected chi connectivity index (χ1v) is 11.2. The first-order valence-electron chi connectivity index (χ1n) is 10.4. The highest BCUT2D eigenvalue weighted by Gasteiger charge is 2.20. The van der Waals surface area contributed by atoms with Crippen LogP contribution in [0.3, 0.4) is 0 Å². The molecule has 0 aromatic heterocycles. The minimum atomic E-state index is -0.346. The Morgan fingerprint density at radius 3 is 2.39 bits per heavy atom. The van der Waals surface area contributed by atoms with Crippen LogP contribution in [-0.2, 0) is 4.74 Å². The predicted molar refractivity (Wildman–Crippen MR) is 126 cm³/mol. The molecule has 1 heterocycles. The van der Waals surface area contributed by atoms with Crippen LogP contribution in [-0.4, -0.2) is 45.2 Å². The number of nitrogens with one attached hydrogen (secondary N) is 2. The molecular formula is C23H27Cl2N3O3. The third-order valence-electron chi connectivity index (χ3n) is 5.13. The van der Waals surface area contributed by atoms with Gasteiger partial charge in [-0.25, -0.2) is 0 Å². The second kappa shape index (κ2) is 11.4. The second-order valence-corrected chi connectivity index (χ2v) is 8.37. The van der Waals surface area contributed by atoms with E-state index in [4.69, 9.17) is 27.9 Å². The van der Waals surface area contributed by atoms with E-state index in [2.05, 4.69) is 15.5 Å². The summed E-state index contributed by atoms with van der Waals surface area (Å²) in [4.78, 5) is 27.9. The molecule has 1 aliphatic heterocycles. The van der Waals surface area contributed by atoms with Gasteiger partial charge in [-0.3, -0.25) is 9.59 Å². The fourth-order valence-electron chi connectivity index (χ4n) is 3.61. The van der Waals surface area contributed by atoms with Crippen LogP contribution in [0.5, 0.6) is 0 Å². The number of carbonyl (C=O) groups excluding carboxylic acids is 2. The van der Waals surface area contributed by atoms with E-state index in [1.54, 1.807) is 31.4 Å². The average molecular weight is 464 g/mol. The number of anilines is 2. The molecule has 2 N–H and O–H groups in total. The molecule has 2 aromatic rings. The highest BCUT2D eigenvalue weighted by atomic mass is 35.5. The van der Waals surface area contributed by atoms with Crippen LogP contribution < -0.4 is 15.5 Å². The van der Waals surface area contributed by atoms with Gasteiger partial charge in [-0.1, -0.05) is 23.2 Å². The van der Waals surface area contributed by atoms with Gasteiger partial charge in [0.2, 0.25) is 0 Å². The molecule has 1 saturated heterocycles. The molecule has 1 aliphatic rings. The van der Waals surface area contributed by atoms with Crippen molar-refractivity contribution >= 4 is 46.4 Å². The lowest BCUT2D eigenvalue weighted by atomic mass is 10.1. The lowest BCUT2D eigenvalue weighted by Gasteiger charge is -2.30. The minimum absolute atomic E-state index is 0.168. The molecule has 31 heavy (non-hydrogen) atoms. The van der Waals surface area contributed by atoms with Crippen molar-refractivity contribution in [2.24, 2.45) is 0 Å². The largest absolute Gasteiger partial charge is 0.385 e. The molecular weight excluding hydrogens is 437 g/mol. The summed E-state index contributed by atoms with van der Waals surface area (Å²) in [5.41, 5.74) is 2.31. The highest BCUT2D eigenvalue weighted by molar-refractivity contribution is 6.35. The number of benzene rings is 2. The van der Waals surface area contributed by atoms with Gasteiger partial charge in [0, 0.05) is 60.3 Å². The minimum Gasteiger partial charge on any atom is -0.385 e. The number of rotatable bonds is 8. The van der Waals surface area contributed by atoms with Gasteiger partial charge in [0.15, 0.2) is 0 Å². The Labute approximate surface area is 192 Å². The normalized spacial score (nSPS) is 13.7. The summed E-state index contributed by atoms with van der Waals surface area (Å²) < 4.78 is 5.04. The summed E-state index contributed by atoms with van der Waals surface area (Å²) in [5, 5.41) is 6.55. The van der Waals surface area contributed by atoms with E-state index in [0.29, 0.717) is 40.0 Å². The summed E-state index contributed by atoms with van der Waals surface area (Å²) >= 11 is 12.0. The van der Waals surface area contributed by atoms with Gasteiger partial charge in [-0.15, -0.1) is 0 Å². The van der Waals surface area contributed by atoms with Gasteiger partial charge in [-0.05, 0) is 62.1 Å². The zero-order valence-electron chi connectivity index (χ0n) is 17.5. The van der Waals surface area contributed by atoms with Crippen molar-refractivity contribution < 1.29 is 14.3 Å². The Balaban J connectivity index is 1.82. The summed E-state index contributed by atoms with van der Waals surface area (Å²) in [6.07, 6.45) is 4.13. The Hall–Kier alpha value is -2.28. The molecule has 6 nitrogen and oxygen atoms in total. The molecule has 8 heteroatoms. The Morgan fingerprint density at radius 1 is 1.00 bits per heavy atom. The number of methoxy groups -OCH3 is 1. The first-order chi connectivity index (χ1) is 15.0. The van der Waals surface area contributed by atoms with E-state index in [-0.39, 0.29) is 11.8 Å². The second-order valence-electron chi connectivity index (χ2n) is 7.49. The van der Waals surface area contributed by atoms with Crippen molar-refractivity contribution in [3.63, 3.8) is 0 Å². The quantitative estimate of drug-likeness (QED) is 0.540. The summed E-state index contributed by atoms with van der Waals surface area (Å²) in [5.74, 6) is -0.514. The smallest absolute Gasteiger partial charge is 0.255 e. The van der Waals surface area contributed by atoms with Gasteiger partial charge in [0.05, 0.1) is 5.56 Å². The lowest BCUT2D eigenvalue weighted by molar-refractivity contribution is 0.0947. The zero-order chi connectivity index (χ0) is 22.2. The average Bonchev–Trinajstić information content (AvgIpc) is 2.76. The fourth-order valence-corrected chi connectivity index (χ4v) is 4.13. The number of amides is 2. The van der Waals surface area contributed by atoms with Crippen LogP contribution in [0, 0.1) is 0 Å². The van der Waals surface area contributed by atoms with E-state index in [0.717, 1.165) is 38.0 Å². The number of halogens is 2. The molecule has 0 unspecified atom stereocenters. The topological polar surface area (TPSA) is 70.7 Å². The molecule has 0 radical (unpaired) electrons. The van der Waals surface area contributed by atoms with Crippen molar-refractivity contribution in [1.29, 1.82) is 0 Å². The van der Waals surface area contributed by atoms with E-state index in [9.17, 15) is 9.59 Å². The monoisotopic (exact) mass is 463 g/mol. The maximum Gasteiger partial charge on any atom is 0.255 e. The van der Waals surface area contributed by atoms with E-state index in [1.807, 2.05) is 12.1 Å². The highest BCUT2D eigenvalue weighted by Crippen LogP contribution is 2.28. The van der Waals surface area contributed by atoms with E-state index in [1.165, 1.54) is 6.42 Å². The third-order valence-corrected chi connectivity index (χ3v) is 5.57. The fraction of sp³-hybridized carbons (Fsp3) is 0.391. The summed E-state index contributed by atoms with van der Waals surface area (Å²) in [6, 6.07) is 10.1. The van der Waals surface area contributed by atoms with Crippen LogP contribution in [0.15, 0.2) is 36.4 Å². The lowest BCUT2D eigenvalue weighted by Crippen LogP contribution is -2.33. The van der Waals surface area contributed by atoms with Crippen LogP contribution in [0.2, 0.25) is 10.0 Å². The Morgan fingerprint density at radius 2 is 1.71 bits per heavy atom. The molecule has 2 amide bonds. The molecule has 0 saturated carbocycles. The maximum absolute atomic E-state index is 12.9. The van der Waals surface area contributed by atoms with Crippen molar-refractivity contribution in [3.05, 3.63) is 57.6 Å². The molecule has 0 spiro atoms. The number of hydrogen-bond acceptors (Lipinski definition) is 4. The Kier molecular flexibility index (Phi) is 8.58. The van der Waals surface area contributed by atoms with Gasteiger partial charge in [0.1, 0.15) is 0 Å². The van der Waals surface area contributed by atoms with Crippen LogP contribution in [0.4, 0.5) is 11.4 Å². The maximum atomic E-state index is 12.9. The summed E-state index contributed by atoms with van der Waals surface area (Å²) in [7, 11) is 1.63. The number of hydrogen-bond donors (Lipinski definition) is 2. The van der Waals surface area contributed by atoms with Crippen LogP contribution in [0.1, 0.15) is 46.4 Å². The number of piperidine rings is 1. The van der Waals surface area contributed by atoms with Crippen LogP contribution >= 0.6 is 23.2 Å². The zero-order valence-corrected chi connectivity index (χ0v) is 19.1. The SMILES string of the molecule is COCCCNC(=O)c1cc(NC(=O)c2cc(Cl)cc(Cl)c2)ccc1N1CCCCC1. The number of carbonyl (C=O) groups is 2. The molecule has 1 fully saturated rings. The first kappa shape index (κ1) is 23.4. The molecule has 0 bridgehead atoms. The van der Waals surface area contributed by atoms with Gasteiger partial charge >= 0.3 is 0 Å². The van der Waals surface area contributed by atoms with Crippen molar-refractivity contribution in [2.45, 2.75) is 25.7 Å². The van der Waals surface area contributed by atoms with Crippen molar-refractivity contribution in [1.82, 2.24) is 5.32 Å². The predicted octanol–water partition coefficient (Wildman–Crippen LogP) is 5.00.